The van der Waals surface area contributed by atoms with E-state index in [1.165, 1.54) is 21.9 Å². The molecule has 0 N–H and O–H groups in total. The molecule has 1 aliphatic rings. The van der Waals surface area contributed by atoms with E-state index >= 15 is 0 Å². The molecule has 2 aromatic carbocycles. The van der Waals surface area contributed by atoms with E-state index in [1.54, 1.807) is 0 Å². The molecule has 0 saturated heterocycles. The van der Waals surface area contributed by atoms with Crippen molar-refractivity contribution < 1.29 is 13.6 Å². The molecule has 0 amide bonds. The van der Waals surface area contributed by atoms with Gasteiger partial charge in [0, 0.05) is 0 Å². The standard InChI is InChI=1S/C18H24O3P2/c1-3-20-23(19,21-4-2)12-11-22-13-16-9-5-7-15-8-6-10-17(14-22)18(15)16/h5-10H,3-4,11-14H2,1-2H3. The van der Waals surface area contributed by atoms with Crippen LogP contribution in [-0.2, 0) is 25.9 Å². The Morgan fingerprint density at radius 1 is 1.00 bits per heavy atom. The van der Waals surface area contributed by atoms with Gasteiger partial charge >= 0.3 is 7.60 Å². The number of hydrogen-bond donors (Lipinski definition) is 0. The van der Waals surface area contributed by atoms with Crippen LogP contribution in [0.2, 0.25) is 0 Å². The van der Waals surface area contributed by atoms with Gasteiger partial charge in [-0.05, 0) is 54.2 Å². The fraction of sp³-hybridized carbons (Fsp3) is 0.444. The third kappa shape index (κ3) is 3.86. The summed E-state index contributed by atoms with van der Waals surface area (Å²) in [7, 11) is -3.11. The largest absolute Gasteiger partial charge is 0.331 e. The van der Waals surface area contributed by atoms with E-state index in [4.69, 9.17) is 9.05 Å². The summed E-state index contributed by atoms with van der Waals surface area (Å²) in [5, 5.41) is 2.77. The summed E-state index contributed by atoms with van der Waals surface area (Å²) < 4.78 is 23.5. The number of benzene rings is 2. The second kappa shape index (κ2) is 7.45. The van der Waals surface area contributed by atoms with Crippen molar-refractivity contribution in [2.45, 2.75) is 26.2 Å². The van der Waals surface area contributed by atoms with Crippen molar-refractivity contribution in [3.63, 3.8) is 0 Å². The van der Waals surface area contributed by atoms with Crippen molar-refractivity contribution >= 4 is 26.3 Å². The van der Waals surface area contributed by atoms with E-state index in [-0.39, 0.29) is 7.92 Å². The van der Waals surface area contributed by atoms with Crippen LogP contribution in [0.4, 0.5) is 0 Å². The maximum absolute atomic E-state index is 12.7. The van der Waals surface area contributed by atoms with E-state index in [1.807, 2.05) is 13.8 Å². The first kappa shape index (κ1) is 17.1. The molecule has 0 radical (unpaired) electrons. The summed E-state index contributed by atoms with van der Waals surface area (Å²) in [5.74, 6) is 0. The van der Waals surface area contributed by atoms with Gasteiger partial charge in [-0.15, -0.1) is 0 Å². The fourth-order valence-corrected chi connectivity index (χ4v) is 8.43. The summed E-state index contributed by atoms with van der Waals surface area (Å²) in [6.45, 7) is 4.62. The van der Waals surface area contributed by atoms with Gasteiger partial charge in [0.15, 0.2) is 0 Å². The van der Waals surface area contributed by atoms with Gasteiger partial charge in [-0.1, -0.05) is 44.3 Å². The molecule has 0 atom stereocenters. The highest BCUT2D eigenvalue weighted by Crippen LogP contribution is 2.55. The first-order valence-corrected chi connectivity index (χ1v) is 11.9. The second-order valence-electron chi connectivity index (χ2n) is 5.81. The van der Waals surface area contributed by atoms with Crippen LogP contribution in [0.1, 0.15) is 25.0 Å². The van der Waals surface area contributed by atoms with E-state index in [0.717, 1.165) is 18.5 Å². The van der Waals surface area contributed by atoms with Crippen molar-refractivity contribution in [2.24, 2.45) is 0 Å². The molecule has 0 fully saturated rings. The molecule has 1 heterocycles. The molecular weight excluding hydrogens is 326 g/mol. The zero-order chi connectivity index (χ0) is 16.3. The van der Waals surface area contributed by atoms with Crippen molar-refractivity contribution in [1.82, 2.24) is 0 Å². The molecule has 3 nitrogen and oxygen atoms in total. The molecule has 5 heteroatoms. The molecule has 0 bridgehead atoms. The van der Waals surface area contributed by atoms with Gasteiger partial charge in [-0.3, -0.25) is 4.57 Å². The van der Waals surface area contributed by atoms with Crippen molar-refractivity contribution in [3.05, 3.63) is 47.5 Å². The highest BCUT2D eigenvalue weighted by atomic mass is 31.2. The third-order valence-corrected chi connectivity index (χ3v) is 9.07. The number of rotatable bonds is 7. The molecule has 3 rings (SSSR count). The van der Waals surface area contributed by atoms with Crippen LogP contribution in [-0.4, -0.2) is 25.5 Å². The van der Waals surface area contributed by atoms with Crippen LogP contribution in [0.25, 0.3) is 10.8 Å². The highest BCUT2D eigenvalue weighted by Gasteiger charge is 2.27. The molecule has 0 aromatic heterocycles. The fourth-order valence-electron chi connectivity index (χ4n) is 3.28. The molecule has 23 heavy (non-hydrogen) atoms. The Morgan fingerprint density at radius 3 is 2.09 bits per heavy atom. The smallest absolute Gasteiger partial charge is 0.309 e. The van der Waals surface area contributed by atoms with Gasteiger partial charge in [0.25, 0.3) is 0 Å². The molecule has 0 spiro atoms. The lowest BCUT2D eigenvalue weighted by Crippen LogP contribution is -2.07. The average Bonchev–Trinajstić information content (AvgIpc) is 2.54. The molecule has 1 aliphatic heterocycles. The van der Waals surface area contributed by atoms with Crippen molar-refractivity contribution in [2.75, 3.05) is 25.5 Å². The second-order valence-corrected chi connectivity index (χ2v) is 10.4. The van der Waals surface area contributed by atoms with Gasteiger partial charge in [0.2, 0.25) is 0 Å². The molecular formula is C18H24O3P2. The zero-order valence-corrected chi connectivity index (χ0v) is 15.6. The maximum Gasteiger partial charge on any atom is 0.331 e. The third-order valence-electron chi connectivity index (χ3n) is 4.21. The topological polar surface area (TPSA) is 35.5 Å². The molecule has 124 valence electrons. The normalized spacial score (nSPS) is 15.2. The Labute approximate surface area is 139 Å². The van der Waals surface area contributed by atoms with Crippen LogP contribution in [0.15, 0.2) is 36.4 Å². The molecule has 0 unspecified atom stereocenters. The highest BCUT2D eigenvalue weighted by molar-refractivity contribution is 7.59. The SMILES string of the molecule is CCOP(=O)(CCP1Cc2cccc3cccc(c23)C1)OCC. The lowest BCUT2D eigenvalue weighted by molar-refractivity contribution is 0.221. The minimum atomic E-state index is -2.91. The lowest BCUT2D eigenvalue weighted by Gasteiger charge is -2.27. The summed E-state index contributed by atoms with van der Waals surface area (Å²) in [6, 6.07) is 13.1. The molecule has 0 saturated carbocycles. The molecule has 0 aliphatic carbocycles. The van der Waals surface area contributed by atoms with Gasteiger partial charge < -0.3 is 9.05 Å². The predicted octanol–water partition coefficient (Wildman–Crippen LogP) is 5.60. The summed E-state index contributed by atoms with van der Waals surface area (Å²) in [5.41, 5.74) is 2.89. The minimum absolute atomic E-state index is 0.202. The van der Waals surface area contributed by atoms with Crippen molar-refractivity contribution in [3.8, 4) is 0 Å². The Bertz CT molecular complexity index is 679. The van der Waals surface area contributed by atoms with Crippen molar-refractivity contribution in [1.29, 1.82) is 0 Å². The van der Waals surface area contributed by atoms with Gasteiger partial charge in [0.05, 0.1) is 19.4 Å². The van der Waals surface area contributed by atoms with Crippen LogP contribution < -0.4 is 0 Å². The zero-order valence-electron chi connectivity index (χ0n) is 13.8. The van der Waals surface area contributed by atoms with Crippen LogP contribution >= 0.6 is 15.5 Å². The van der Waals surface area contributed by atoms with Gasteiger partial charge in [0.1, 0.15) is 0 Å². The Morgan fingerprint density at radius 2 is 1.57 bits per heavy atom. The lowest BCUT2D eigenvalue weighted by atomic mass is 10.0. The first-order valence-electron chi connectivity index (χ1n) is 8.25. The summed E-state index contributed by atoms with van der Waals surface area (Å²) in [6.07, 6.45) is 3.71. The average molecular weight is 350 g/mol. The Balaban J connectivity index is 1.74. The Kier molecular flexibility index (Phi) is 5.54. The summed E-state index contributed by atoms with van der Waals surface area (Å²) >= 11 is 0. The minimum Gasteiger partial charge on any atom is -0.309 e. The van der Waals surface area contributed by atoms with Crippen LogP contribution in [0, 0.1) is 0 Å². The van der Waals surface area contributed by atoms with Gasteiger partial charge in [-0.2, -0.15) is 0 Å². The maximum atomic E-state index is 12.7. The number of hydrogen-bond acceptors (Lipinski definition) is 3. The van der Waals surface area contributed by atoms with Crippen LogP contribution in [0.3, 0.4) is 0 Å². The molecule has 2 aromatic rings. The van der Waals surface area contributed by atoms with E-state index in [9.17, 15) is 4.57 Å². The van der Waals surface area contributed by atoms with E-state index < -0.39 is 7.60 Å². The monoisotopic (exact) mass is 350 g/mol. The predicted molar refractivity (Wildman–Crippen MR) is 98.9 cm³/mol. The van der Waals surface area contributed by atoms with E-state index in [0.29, 0.717) is 19.4 Å². The van der Waals surface area contributed by atoms with Gasteiger partial charge in [-0.25, -0.2) is 0 Å². The Hall–Kier alpha value is -0.720. The van der Waals surface area contributed by atoms with E-state index in [2.05, 4.69) is 36.4 Å². The quantitative estimate of drug-likeness (QED) is 0.610. The summed E-state index contributed by atoms with van der Waals surface area (Å²) in [4.78, 5) is 0. The first-order chi connectivity index (χ1) is 11.1. The van der Waals surface area contributed by atoms with Crippen LogP contribution in [0.5, 0.6) is 0 Å².